The van der Waals surface area contributed by atoms with Gasteiger partial charge < -0.3 is 10.1 Å². The number of hydrogen-bond donors (Lipinski definition) is 2. The molecule has 0 aliphatic carbocycles. The van der Waals surface area contributed by atoms with Crippen molar-refractivity contribution in [2.45, 2.75) is 6.61 Å². The number of nitrogens with zero attached hydrogens (tertiary/aromatic N) is 4. The lowest BCUT2D eigenvalue weighted by Crippen LogP contribution is -2.02. The molecule has 9 heteroatoms. The van der Waals surface area contributed by atoms with Crippen LogP contribution in [0.2, 0.25) is 0 Å². The standard InChI is InChI=1S/C11H8F2N6O/c12-11(13)20-9-3-1-2-8(4-9)15-6-7(5-14)10-16-18-19-17-10/h1-4,6,11,15H,(H,16,17,18,19). The van der Waals surface area contributed by atoms with E-state index in [0.717, 1.165) is 0 Å². The second kappa shape index (κ2) is 6.24. The van der Waals surface area contributed by atoms with Gasteiger partial charge in [0.15, 0.2) is 0 Å². The monoisotopic (exact) mass is 278 g/mol. The van der Waals surface area contributed by atoms with Gasteiger partial charge in [-0.25, -0.2) is 0 Å². The molecule has 20 heavy (non-hydrogen) atoms. The highest BCUT2D eigenvalue weighted by Gasteiger charge is 2.06. The Morgan fingerprint density at radius 3 is 3.00 bits per heavy atom. The molecule has 0 saturated carbocycles. The summed E-state index contributed by atoms with van der Waals surface area (Å²) in [6.07, 6.45) is 1.34. The maximum atomic E-state index is 12.1. The van der Waals surface area contributed by atoms with Crippen molar-refractivity contribution in [1.82, 2.24) is 20.6 Å². The highest BCUT2D eigenvalue weighted by Crippen LogP contribution is 2.19. The molecule has 1 heterocycles. The molecule has 0 aliphatic heterocycles. The number of hydrogen-bond acceptors (Lipinski definition) is 6. The van der Waals surface area contributed by atoms with E-state index in [-0.39, 0.29) is 17.1 Å². The van der Waals surface area contributed by atoms with Crippen molar-refractivity contribution in [3.63, 3.8) is 0 Å². The number of aromatic amines is 1. The van der Waals surface area contributed by atoms with E-state index in [0.29, 0.717) is 5.69 Å². The van der Waals surface area contributed by atoms with Gasteiger partial charge in [0.25, 0.3) is 0 Å². The Morgan fingerprint density at radius 2 is 2.35 bits per heavy atom. The third-order valence-electron chi connectivity index (χ3n) is 2.15. The number of ether oxygens (including phenoxy) is 1. The molecule has 0 unspecified atom stereocenters. The molecule has 0 amide bonds. The summed E-state index contributed by atoms with van der Waals surface area (Å²) < 4.78 is 28.4. The molecule has 0 radical (unpaired) electrons. The fourth-order valence-corrected chi connectivity index (χ4v) is 1.34. The van der Waals surface area contributed by atoms with Gasteiger partial charge in [0, 0.05) is 18.0 Å². The van der Waals surface area contributed by atoms with Crippen LogP contribution in [0.15, 0.2) is 30.5 Å². The number of aromatic nitrogens is 4. The molecule has 0 aliphatic rings. The van der Waals surface area contributed by atoms with Gasteiger partial charge in [-0.1, -0.05) is 6.07 Å². The Bertz CT molecular complexity index is 635. The molecule has 7 nitrogen and oxygen atoms in total. The minimum absolute atomic E-state index is 0.0106. The topological polar surface area (TPSA) is 99.5 Å². The van der Waals surface area contributed by atoms with Gasteiger partial charge in [-0.05, 0) is 17.3 Å². The summed E-state index contributed by atoms with van der Waals surface area (Å²) in [7, 11) is 0. The number of allylic oxidation sites excluding steroid dienone is 1. The van der Waals surface area contributed by atoms with E-state index >= 15 is 0 Å². The highest BCUT2D eigenvalue weighted by molar-refractivity contribution is 5.74. The predicted molar refractivity (Wildman–Crippen MR) is 64.5 cm³/mol. The number of benzene rings is 1. The molecular weight excluding hydrogens is 270 g/mol. The first kappa shape index (κ1) is 13.4. The molecule has 0 atom stereocenters. The second-order valence-corrected chi connectivity index (χ2v) is 3.46. The largest absolute Gasteiger partial charge is 0.435 e. The number of nitriles is 1. The van der Waals surface area contributed by atoms with Gasteiger partial charge in [-0.15, -0.1) is 10.2 Å². The van der Waals surface area contributed by atoms with Gasteiger partial charge >= 0.3 is 6.61 Å². The van der Waals surface area contributed by atoms with Crippen molar-refractivity contribution in [3.05, 3.63) is 36.3 Å². The number of H-pyrrole nitrogens is 1. The zero-order valence-corrected chi connectivity index (χ0v) is 9.92. The molecule has 1 aromatic carbocycles. The Balaban J connectivity index is 2.12. The van der Waals surface area contributed by atoms with Gasteiger partial charge in [-0.3, -0.25) is 0 Å². The van der Waals surface area contributed by atoms with E-state index < -0.39 is 6.61 Å². The van der Waals surface area contributed by atoms with Crippen LogP contribution in [-0.2, 0) is 0 Å². The summed E-state index contributed by atoms with van der Waals surface area (Å²) in [4.78, 5) is 0. The molecule has 2 rings (SSSR count). The number of nitrogens with one attached hydrogen (secondary N) is 2. The normalized spacial score (nSPS) is 11.2. The SMILES string of the molecule is N#CC(=CNc1cccc(OC(F)F)c1)c1nn[nH]n1. The smallest absolute Gasteiger partial charge is 0.387 e. The summed E-state index contributed by atoms with van der Waals surface area (Å²) in [6.45, 7) is -2.89. The van der Waals surface area contributed by atoms with Gasteiger partial charge in [0.1, 0.15) is 17.4 Å². The average molecular weight is 278 g/mol. The second-order valence-electron chi connectivity index (χ2n) is 3.46. The maximum Gasteiger partial charge on any atom is 0.387 e. The van der Waals surface area contributed by atoms with Crippen LogP contribution >= 0.6 is 0 Å². The maximum absolute atomic E-state index is 12.1. The van der Waals surface area contributed by atoms with Crippen molar-refractivity contribution in [2.75, 3.05) is 5.32 Å². The molecule has 2 N–H and O–H groups in total. The zero-order valence-electron chi connectivity index (χ0n) is 9.92. The zero-order chi connectivity index (χ0) is 14.4. The van der Waals surface area contributed by atoms with Gasteiger partial charge in [-0.2, -0.15) is 19.3 Å². The van der Waals surface area contributed by atoms with E-state index in [4.69, 9.17) is 5.26 Å². The summed E-state index contributed by atoms with van der Waals surface area (Å²) in [5.74, 6) is 0.136. The summed E-state index contributed by atoms with van der Waals surface area (Å²) in [5, 5.41) is 24.6. The first-order valence-corrected chi connectivity index (χ1v) is 5.34. The van der Waals surface area contributed by atoms with Crippen LogP contribution in [0.5, 0.6) is 5.75 Å². The Morgan fingerprint density at radius 1 is 1.50 bits per heavy atom. The molecule has 0 saturated heterocycles. The van der Waals surface area contributed by atoms with Crippen LogP contribution in [0.1, 0.15) is 5.82 Å². The quantitative estimate of drug-likeness (QED) is 0.809. The summed E-state index contributed by atoms with van der Waals surface area (Å²) >= 11 is 0. The van der Waals surface area contributed by atoms with Crippen molar-refractivity contribution in [3.8, 4) is 11.8 Å². The summed E-state index contributed by atoms with van der Waals surface area (Å²) in [6, 6.07) is 7.81. The molecule has 0 bridgehead atoms. The Labute approximate surface area is 111 Å². The van der Waals surface area contributed by atoms with Crippen LogP contribution in [0, 0.1) is 11.3 Å². The molecular formula is C11H8F2N6O. The minimum Gasteiger partial charge on any atom is -0.435 e. The Hall–Kier alpha value is -3.02. The van der Waals surface area contributed by atoms with Crippen LogP contribution in [0.25, 0.3) is 5.57 Å². The molecule has 0 fully saturated rings. The highest BCUT2D eigenvalue weighted by atomic mass is 19.3. The Kier molecular flexibility index (Phi) is 4.18. The van der Waals surface area contributed by atoms with Crippen molar-refractivity contribution in [1.29, 1.82) is 5.26 Å². The first-order valence-electron chi connectivity index (χ1n) is 5.34. The third kappa shape index (κ3) is 3.49. The molecule has 102 valence electrons. The molecule has 2 aromatic rings. The molecule has 0 spiro atoms. The van der Waals surface area contributed by atoms with E-state index in [1.165, 1.54) is 24.4 Å². The van der Waals surface area contributed by atoms with Gasteiger partial charge in [0.05, 0.1) is 0 Å². The van der Waals surface area contributed by atoms with Crippen LogP contribution < -0.4 is 10.1 Å². The minimum atomic E-state index is -2.89. The van der Waals surface area contributed by atoms with Crippen molar-refractivity contribution < 1.29 is 13.5 Å². The third-order valence-corrected chi connectivity index (χ3v) is 2.15. The van der Waals surface area contributed by atoms with Crippen LogP contribution in [0.4, 0.5) is 14.5 Å². The van der Waals surface area contributed by atoms with Crippen molar-refractivity contribution in [2.24, 2.45) is 0 Å². The van der Waals surface area contributed by atoms with Crippen molar-refractivity contribution >= 4 is 11.3 Å². The number of rotatable bonds is 5. The summed E-state index contributed by atoms with van der Waals surface area (Å²) in [5.41, 5.74) is 0.610. The van der Waals surface area contributed by atoms with Crippen LogP contribution in [-0.4, -0.2) is 27.2 Å². The van der Waals surface area contributed by atoms with E-state index in [2.05, 4.69) is 30.7 Å². The fourth-order valence-electron chi connectivity index (χ4n) is 1.34. The van der Waals surface area contributed by atoms with E-state index in [1.54, 1.807) is 6.07 Å². The lowest BCUT2D eigenvalue weighted by Gasteiger charge is -2.06. The van der Waals surface area contributed by atoms with Crippen LogP contribution in [0.3, 0.4) is 0 Å². The lowest BCUT2D eigenvalue weighted by atomic mass is 10.3. The van der Waals surface area contributed by atoms with Gasteiger partial charge in [0.2, 0.25) is 5.82 Å². The fraction of sp³-hybridized carbons (Fsp3) is 0.0909. The predicted octanol–water partition coefficient (Wildman–Crippen LogP) is 1.78. The van der Waals surface area contributed by atoms with E-state index in [9.17, 15) is 8.78 Å². The number of tetrazole rings is 1. The molecule has 1 aromatic heterocycles. The first-order chi connectivity index (χ1) is 9.69. The average Bonchev–Trinajstić information content (AvgIpc) is 2.93. The number of anilines is 1. The van der Waals surface area contributed by atoms with E-state index in [1.807, 2.05) is 6.07 Å². The number of halogens is 2. The lowest BCUT2D eigenvalue weighted by molar-refractivity contribution is -0.0497. The number of alkyl halides is 2.